The van der Waals surface area contributed by atoms with Crippen molar-refractivity contribution in [2.75, 3.05) is 21.4 Å². The molecule has 0 atom stereocenters. The van der Waals surface area contributed by atoms with Crippen molar-refractivity contribution in [2.24, 2.45) is 5.10 Å². The Morgan fingerprint density at radius 1 is 0.818 bits per heavy atom. The van der Waals surface area contributed by atoms with Crippen molar-refractivity contribution < 1.29 is 14.4 Å². The average Bonchev–Trinajstić information content (AvgIpc) is 3.19. The highest BCUT2D eigenvalue weighted by molar-refractivity contribution is 8.00. The molecule has 9 heteroatoms. The molecule has 3 aromatic rings. The molecule has 4 rings (SSSR count). The number of rotatable bonds is 6. The number of urea groups is 1. The molecule has 8 nitrogen and oxygen atoms in total. The van der Waals surface area contributed by atoms with Gasteiger partial charge in [0.25, 0.3) is 5.91 Å². The van der Waals surface area contributed by atoms with E-state index in [0.29, 0.717) is 22.9 Å². The van der Waals surface area contributed by atoms with Crippen LogP contribution in [0, 0.1) is 0 Å². The zero-order valence-electron chi connectivity index (χ0n) is 17.5. The SMILES string of the molecule is O=C(CSc1ccc(NC(=O)Nc2ccccc2)cc1)NC1=NN(c2ccccc2)C(=O)C1. The highest BCUT2D eigenvalue weighted by atomic mass is 32.2. The zero-order chi connectivity index (χ0) is 23.0. The summed E-state index contributed by atoms with van der Waals surface area (Å²) in [6.45, 7) is 0. The summed E-state index contributed by atoms with van der Waals surface area (Å²) in [7, 11) is 0. The van der Waals surface area contributed by atoms with E-state index >= 15 is 0 Å². The van der Waals surface area contributed by atoms with Gasteiger partial charge in [0.15, 0.2) is 0 Å². The van der Waals surface area contributed by atoms with E-state index in [0.717, 1.165) is 4.90 Å². The van der Waals surface area contributed by atoms with Gasteiger partial charge in [-0.25, -0.2) is 4.79 Å². The first kappa shape index (κ1) is 22.1. The zero-order valence-corrected chi connectivity index (χ0v) is 18.3. The number of carbonyl (C=O) groups is 3. The van der Waals surface area contributed by atoms with Gasteiger partial charge in [0.05, 0.1) is 17.9 Å². The Morgan fingerprint density at radius 3 is 2.09 bits per heavy atom. The Hall–Kier alpha value is -4.11. The van der Waals surface area contributed by atoms with E-state index < -0.39 is 0 Å². The smallest absolute Gasteiger partial charge is 0.312 e. The van der Waals surface area contributed by atoms with Crippen LogP contribution in [0.1, 0.15) is 6.42 Å². The molecular formula is C24H21N5O3S. The molecule has 166 valence electrons. The van der Waals surface area contributed by atoms with Crippen LogP contribution in [0.4, 0.5) is 21.9 Å². The van der Waals surface area contributed by atoms with Crippen molar-refractivity contribution >= 4 is 52.5 Å². The van der Waals surface area contributed by atoms with E-state index in [1.807, 2.05) is 48.5 Å². The fraction of sp³-hybridized carbons (Fsp3) is 0.0833. The van der Waals surface area contributed by atoms with Crippen LogP contribution in [0.2, 0.25) is 0 Å². The number of hydrogen-bond donors (Lipinski definition) is 3. The van der Waals surface area contributed by atoms with Gasteiger partial charge < -0.3 is 16.0 Å². The second-order valence-electron chi connectivity index (χ2n) is 7.07. The summed E-state index contributed by atoms with van der Waals surface area (Å²) in [6.07, 6.45) is 0.0523. The standard InChI is InChI=1S/C24H21N5O3S/c30-22(27-21-15-23(31)29(28-21)19-9-5-2-6-10-19)16-33-20-13-11-18(12-14-20)26-24(32)25-17-7-3-1-4-8-17/h1-14H,15-16H2,(H2,25,26,32)(H,27,28,30). The van der Waals surface area contributed by atoms with Crippen LogP contribution in [0.5, 0.6) is 0 Å². The van der Waals surface area contributed by atoms with Gasteiger partial charge in [0, 0.05) is 16.3 Å². The lowest BCUT2D eigenvalue weighted by Gasteiger charge is -2.10. The number of nitrogens with zero attached hydrogens (tertiary/aromatic N) is 2. The molecule has 0 unspecified atom stereocenters. The first-order valence-electron chi connectivity index (χ1n) is 10.2. The summed E-state index contributed by atoms with van der Waals surface area (Å²) in [6, 6.07) is 25.1. The van der Waals surface area contributed by atoms with Gasteiger partial charge in [-0.3, -0.25) is 9.59 Å². The second-order valence-corrected chi connectivity index (χ2v) is 8.12. The summed E-state index contributed by atoms with van der Waals surface area (Å²) in [5.74, 6) is 0.0627. The van der Waals surface area contributed by atoms with Gasteiger partial charge in [-0.2, -0.15) is 10.1 Å². The van der Waals surface area contributed by atoms with Crippen LogP contribution in [-0.2, 0) is 9.59 Å². The molecule has 0 bridgehead atoms. The number of amidine groups is 1. The molecule has 1 aliphatic rings. The Kier molecular flexibility index (Phi) is 7.01. The van der Waals surface area contributed by atoms with Crippen molar-refractivity contribution in [2.45, 2.75) is 11.3 Å². The minimum Gasteiger partial charge on any atom is -0.312 e. The number of amides is 4. The number of carbonyl (C=O) groups excluding carboxylic acids is 3. The molecule has 0 aliphatic carbocycles. The second kappa shape index (κ2) is 10.5. The Bertz CT molecular complexity index is 1170. The van der Waals surface area contributed by atoms with Gasteiger partial charge in [0.1, 0.15) is 5.84 Å². The molecule has 0 aromatic heterocycles. The summed E-state index contributed by atoms with van der Waals surface area (Å²) in [5, 5.41) is 13.7. The summed E-state index contributed by atoms with van der Waals surface area (Å²) in [4.78, 5) is 37.4. The van der Waals surface area contributed by atoms with Crippen molar-refractivity contribution in [3.05, 3.63) is 84.9 Å². The molecule has 0 saturated heterocycles. The van der Waals surface area contributed by atoms with Crippen molar-refractivity contribution in [3.8, 4) is 0 Å². The van der Waals surface area contributed by atoms with E-state index in [1.165, 1.54) is 16.8 Å². The number of anilines is 3. The van der Waals surface area contributed by atoms with Gasteiger partial charge in [-0.05, 0) is 48.5 Å². The van der Waals surface area contributed by atoms with Gasteiger partial charge in [-0.1, -0.05) is 36.4 Å². The fourth-order valence-corrected chi connectivity index (χ4v) is 3.76. The minimum absolute atomic E-state index is 0.0523. The molecule has 0 fully saturated rings. The van der Waals surface area contributed by atoms with Crippen LogP contribution in [0.25, 0.3) is 0 Å². The van der Waals surface area contributed by atoms with Crippen LogP contribution in [-0.4, -0.2) is 29.4 Å². The molecule has 3 N–H and O–H groups in total. The van der Waals surface area contributed by atoms with Gasteiger partial charge in [0.2, 0.25) is 5.91 Å². The quantitative estimate of drug-likeness (QED) is 0.479. The van der Waals surface area contributed by atoms with E-state index in [2.05, 4.69) is 21.1 Å². The number of para-hydroxylation sites is 2. The van der Waals surface area contributed by atoms with Crippen LogP contribution in [0.3, 0.4) is 0 Å². The van der Waals surface area contributed by atoms with E-state index in [1.54, 1.807) is 36.4 Å². The maximum Gasteiger partial charge on any atom is 0.323 e. The lowest BCUT2D eigenvalue weighted by Crippen LogP contribution is -2.31. The lowest BCUT2D eigenvalue weighted by molar-refractivity contribution is -0.117. The largest absolute Gasteiger partial charge is 0.323 e. The number of thioether (sulfide) groups is 1. The van der Waals surface area contributed by atoms with E-state index in [4.69, 9.17) is 0 Å². The molecule has 33 heavy (non-hydrogen) atoms. The predicted octanol–water partition coefficient (Wildman–Crippen LogP) is 4.29. The average molecular weight is 460 g/mol. The Labute approximate surface area is 195 Å². The topological polar surface area (TPSA) is 103 Å². The molecule has 0 radical (unpaired) electrons. The van der Waals surface area contributed by atoms with E-state index in [9.17, 15) is 14.4 Å². The lowest BCUT2D eigenvalue weighted by atomic mass is 10.3. The Balaban J connectivity index is 1.24. The van der Waals surface area contributed by atoms with E-state index in [-0.39, 0.29) is 30.0 Å². The van der Waals surface area contributed by atoms with Gasteiger partial charge in [-0.15, -0.1) is 11.8 Å². The third-order valence-electron chi connectivity index (χ3n) is 4.57. The normalized spacial score (nSPS) is 12.8. The molecule has 3 aromatic carbocycles. The van der Waals surface area contributed by atoms with Gasteiger partial charge >= 0.3 is 6.03 Å². The first-order valence-corrected chi connectivity index (χ1v) is 11.2. The van der Waals surface area contributed by atoms with Crippen molar-refractivity contribution in [1.82, 2.24) is 5.32 Å². The van der Waals surface area contributed by atoms with Crippen LogP contribution < -0.4 is 21.0 Å². The Morgan fingerprint density at radius 2 is 1.42 bits per heavy atom. The molecule has 1 aliphatic heterocycles. The number of hydrazone groups is 1. The summed E-state index contributed by atoms with van der Waals surface area (Å²) >= 11 is 1.35. The van der Waals surface area contributed by atoms with Crippen molar-refractivity contribution in [1.29, 1.82) is 0 Å². The van der Waals surface area contributed by atoms with Crippen LogP contribution >= 0.6 is 11.8 Å². The number of hydrogen-bond acceptors (Lipinski definition) is 5. The monoisotopic (exact) mass is 459 g/mol. The van der Waals surface area contributed by atoms with Crippen molar-refractivity contribution in [3.63, 3.8) is 0 Å². The highest BCUT2D eigenvalue weighted by Crippen LogP contribution is 2.21. The molecule has 4 amide bonds. The fourth-order valence-electron chi connectivity index (χ4n) is 3.07. The molecular weight excluding hydrogens is 438 g/mol. The summed E-state index contributed by atoms with van der Waals surface area (Å²) in [5.41, 5.74) is 2.00. The number of benzene rings is 3. The maximum atomic E-state index is 12.3. The summed E-state index contributed by atoms with van der Waals surface area (Å²) < 4.78 is 0. The maximum absolute atomic E-state index is 12.3. The third kappa shape index (κ3) is 6.20. The molecule has 0 saturated carbocycles. The first-order chi connectivity index (χ1) is 16.1. The highest BCUT2D eigenvalue weighted by Gasteiger charge is 2.26. The molecule has 1 heterocycles. The predicted molar refractivity (Wildman–Crippen MR) is 130 cm³/mol. The number of nitrogens with one attached hydrogen (secondary N) is 3. The minimum atomic E-state index is -0.336. The van der Waals surface area contributed by atoms with Crippen LogP contribution in [0.15, 0.2) is 94.9 Å². The molecule has 0 spiro atoms. The third-order valence-corrected chi connectivity index (χ3v) is 5.59.